The van der Waals surface area contributed by atoms with E-state index in [4.69, 9.17) is 0 Å². The molecule has 2 aromatic rings. The van der Waals surface area contributed by atoms with Gasteiger partial charge in [-0.3, -0.25) is 9.52 Å². The first kappa shape index (κ1) is 14.3. The van der Waals surface area contributed by atoms with Crippen molar-refractivity contribution in [3.63, 3.8) is 0 Å². The fourth-order valence-corrected chi connectivity index (χ4v) is 4.33. The Kier molecular flexibility index (Phi) is 3.84. The molecule has 0 bridgehead atoms. The number of H-pyrrole nitrogens is 1. The highest BCUT2D eigenvalue weighted by Gasteiger charge is 2.21. The second kappa shape index (κ2) is 5.10. The topological polar surface area (TPSA) is 79.0 Å². The minimum Gasteiger partial charge on any atom is -0.315 e. The van der Waals surface area contributed by atoms with E-state index in [-0.39, 0.29) is 9.08 Å². The van der Waals surface area contributed by atoms with E-state index in [2.05, 4.69) is 25.6 Å². The number of aryl methyl sites for hydroxylation is 2. The van der Waals surface area contributed by atoms with Gasteiger partial charge in [0.05, 0.1) is 5.69 Å². The summed E-state index contributed by atoms with van der Waals surface area (Å²) in [5.41, 5.74) is 1.62. The van der Waals surface area contributed by atoms with Crippen molar-refractivity contribution in [2.24, 2.45) is 0 Å². The maximum Gasteiger partial charge on any atom is 0.306 e. The molecular weight excluding hydrogens is 352 g/mol. The predicted octanol–water partition coefficient (Wildman–Crippen LogP) is 2.62. The highest BCUT2D eigenvalue weighted by Crippen LogP contribution is 2.25. The maximum atomic E-state index is 12.2. The number of benzene rings is 1. The number of thiazole rings is 1. The van der Waals surface area contributed by atoms with E-state index in [1.807, 2.05) is 6.07 Å². The van der Waals surface area contributed by atoms with Crippen LogP contribution in [0.25, 0.3) is 0 Å². The van der Waals surface area contributed by atoms with Gasteiger partial charge in [-0.2, -0.15) is 0 Å². The minimum atomic E-state index is -3.75. The van der Waals surface area contributed by atoms with Gasteiger partial charge in [0, 0.05) is 10.2 Å². The van der Waals surface area contributed by atoms with Gasteiger partial charge in [-0.25, -0.2) is 8.42 Å². The van der Waals surface area contributed by atoms with Crippen LogP contribution in [0.2, 0.25) is 0 Å². The van der Waals surface area contributed by atoms with Crippen molar-refractivity contribution in [2.45, 2.75) is 18.1 Å². The van der Waals surface area contributed by atoms with Gasteiger partial charge in [0.25, 0.3) is 10.0 Å². The molecule has 0 radical (unpaired) electrons. The van der Waals surface area contributed by atoms with Crippen molar-refractivity contribution in [3.8, 4) is 0 Å². The fourth-order valence-electron chi connectivity index (χ4n) is 1.54. The Labute approximate surface area is 122 Å². The summed E-state index contributed by atoms with van der Waals surface area (Å²) >= 11 is 3.97. The summed E-state index contributed by atoms with van der Waals surface area (Å²) in [6.07, 6.45) is 0. The minimum absolute atomic E-state index is 0.0110. The van der Waals surface area contributed by atoms with Gasteiger partial charge in [0.2, 0.25) is 0 Å². The molecule has 1 aromatic carbocycles. The lowest BCUT2D eigenvalue weighted by Crippen LogP contribution is -2.13. The second-order valence-corrected chi connectivity index (χ2v) is 7.77. The number of hydrogen-bond acceptors (Lipinski definition) is 4. The lowest BCUT2D eigenvalue weighted by Gasteiger charge is -2.10. The third kappa shape index (κ3) is 3.07. The van der Waals surface area contributed by atoms with E-state index in [1.165, 1.54) is 0 Å². The Balaban J connectivity index is 2.45. The molecule has 102 valence electrons. The molecule has 0 fully saturated rings. The molecule has 5 nitrogen and oxygen atoms in total. The van der Waals surface area contributed by atoms with E-state index in [0.29, 0.717) is 22.7 Å². The molecule has 1 heterocycles. The first-order chi connectivity index (χ1) is 8.79. The van der Waals surface area contributed by atoms with E-state index >= 15 is 0 Å². The lowest BCUT2D eigenvalue weighted by atomic mass is 10.2. The number of sulfonamides is 1. The van der Waals surface area contributed by atoms with Crippen LogP contribution in [0.4, 0.5) is 5.69 Å². The first-order valence-corrected chi connectivity index (χ1v) is 8.37. The van der Waals surface area contributed by atoms with Crippen LogP contribution in [0, 0.1) is 13.8 Å². The Morgan fingerprint density at radius 3 is 2.58 bits per heavy atom. The van der Waals surface area contributed by atoms with Gasteiger partial charge in [-0.05, 0) is 31.5 Å². The van der Waals surface area contributed by atoms with Crippen molar-refractivity contribution in [2.75, 3.05) is 4.72 Å². The van der Waals surface area contributed by atoms with Gasteiger partial charge in [0.1, 0.15) is 0 Å². The van der Waals surface area contributed by atoms with Crippen molar-refractivity contribution < 1.29 is 8.42 Å². The molecule has 0 saturated heterocycles. The Morgan fingerprint density at radius 2 is 2.00 bits per heavy atom. The van der Waals surface area contributed by atoms with Gasteiger partial charge < -0.3 is 4.98 Å². The number of nitrogens with one attached hydrogen (secondary N) is 2. The van der Waals surface area contributed by atoms with Gasteiger partial charge in [0.15, 0.2) is 4.21 Å². The summed E-state index contributed by atoms with van der Waals surface area (Å²) in [5.74, 6) is 0. The molecule has 19 heavy (non-hydrogen) atoms. The maximum absolute atomic E-state index is 12.2. The van der Waals surface area contributed by atoms with Gasteiger partial charge >= 0.3 is 4.87 Å². The van der Waals surface area contributed by atoms with Gasteiger partial charge in [-0.1, -0.05) is 33.3 Å². The average Bonchev–Trinajstić information content (AvgIpc) is 2.63. The lowest BCUT2D eigenvalue weighted by molar-refractivity contribution is 0.602. The SMILES string of the molecule is Cc1ccc(Br)cc1NS(=O)(=O)c1sc(=O)[nH]c1C. The van der Waals surface area contributed by atoms with Crippen molar-refractivity contribution >= 4 is 43.0 Å². The fraction of sp³-hybridized carbons (Fsp3) is 0.182. The standard InChI is InChI=1S/C11H11BrN2O3S2/c1-6-3-4-8(12)5-9(6)14-19(16,17)10-7(2)13-11(15)18-10/h3-5,14H,1-2H3,(H,13,15). The Hall–Kier alpha value is -1.12. The molecule has 0 atom stereocenters. The summed E-state index contributed by atoms with van der Waals surface area (Å²) in [5, 5.41) is 0. The highest BCUT2D eigenvalue weighted by atomic mass is 79.9. The number of halogens is 1. The summed E-state index contributed by atoms with van der Waals surface area (Å²) in [6.45, 7) is 3.36. The number of hydrogen-bond donors (Lipinski definition) is 2. The number of rotatable bonds is 3. The summed E-state index contributed by atoms with van der Waals surface area (Å²) in [6, 6.07) is 5.30. The number of aromatic nitrogens is 1. The van der Waals surface area contributed by atoms with E-state index in [9.17, 15) is 13.2 Å². The van der Waals surface area contributed by atoms with Crippen LogP contribution >= 0.6 is 27.3 Å². The molecular formula is C11H11BrN2O3S2. The predicted molar refractivity (Wildman–Crippen MR) is 79.4 cm³/mol. The molecule has 8 heteroatoms. The van der Waals surface area contributed by atoms with Crippen LogP contribution in [0.1, 0.15) is 11.3 Å². The highest BCUT2D eigenvalue weighted by molar-refractivity contribution is 9.10. The summed E-state index contributed by atoms with van der Waals surface area (Å²) in [4.78, 5) is 13.3. The Bertz CT molecular complexity index is 777. The normalized spacial score (nSPS) is 11.5. The van der Waals surface area contributed by atoms with Crippen LogP contribution in [-0.4, -0.2) is 13.4 Å². The van der Waals surface area contributed by atoms with Gasteiger partial charge in [-0.15, -0.1) is 0 Å². The third-order valence-electron chi connectivity index (χ3n) is 2.47. The van der Waals surface area contributed by atoms with E-state index in [1.54, 1.807) is 26.0 Å². The Morgan fingerprint density at radius 1 is 1.32 bits per heavy atom. The summed E-state index contributed by atoms with van der Waals surface area (Å²) < 4.78 is 27.7. The molecule has 1 aromatic heterocycles. The van der Waals surface area contributed by atoms with Crippen molar-refractivity contribution in [3.05, 3.63) is 43.6 Å². The molecule has 0 saturated carbocycles. The average molecular weight is 363 g/mol. The number of anilines is 1. The van der Waals surface area contributed by atoms with Crippen molar-refractivity contribution in [1.29, 1.82) is 0 Å². The number of aromatic amines is 1. The van der Waals surface area contributed by atoms with Crippen LogP contribution in [-0.2, 0) is 10.0 Å². The molecule has 0 aliphatic carbocycles. The smallest absolute Gasteiger partial charge is 0.306 e. The molecule has 0 aliphatic heterocycles. The molecule has 0 unspecified atom stereocenters. The van der Waals surface area contributed by atoms with Crippen molar-refractivity contribution in [1.82, 2.24) is 4.98 Å². The van der Waals surface area contributed by atoms with Crippen LogP contribution < -0.4 is 9.60 Å². The molecule has 2 rings (SSSR count). The molecule has 2 N–H and O–H groups in total. The van der Waals surface area contributed by atoms with E-state index in [0.717, 1.165) is 10.0 Å². The third-order valence-corrected chi connectivity index (χ3v) is 5.93. The molecule has 0 amide bonds. The largest absolute Gasteiger partial charge is 0.315 e. The van der Waals surface area contributed by atoms with Crippen LogP contribution in [0.3, 0.4) is 0 Å². The van der Waals surface area contributed by atoms with E-state index < -0.39 is 10.0 Å². The molecule has 0 aliphatic rings. The monoisotopic (exact) mass is 362 g/mol. The molecule has 0 spiro atoms. The second-order valence-electron chi connectivity index (χ2n) is 3.99. The zero-order chi connectivity index (χ0) is 14.2. The quantitative estimate of drug-likeness (QED) is 0.880. The van der Waals surface area contributed by atoms with Crippen LogP contribution in [0.5, 0.6) is 0 Å². The van der Waals surface area contributed by atoms with Crippen LogP contribution in [0.15, 0.2) is 31.7 Å². The zero-order valence-electron chi connectivity index (χ0n) is 10.2. The first-order valence-electron chi connectivity index (χ1n) is 5.28. The zero-order valence-corrected chi connectivity index (χ0v) is 13.4. The summed E-state index contributed by atoms with van der Waals surface area (Å²) in [7, 11) is -3.75.